The van der Waals surface area contributed by atoms with Crippen LogP contribution >= 0.6 is 0 Å². The number of rotatable bonds is 3. The van der Waals surface area contributed by atoms with Crippen molar-refractivity contribution in [1.29, 1.82) is 0 Å². The summed E-state index contributed by atoms with van der Waals surface area (Å²) in [5.41, 5.74) is 0. The fourth-order valence-corrected chi connectivity index (χ4v) is 4.57. The molecule has 0 spiro atoms. The molecule has 2 fully saturated rings. The van der Waals surface area contributed by atoms with E-state index in [1.165, 1.54) is 8.61 Å². The molecule has 0 bridgehead atoms. The number of hydrogen-bond donors (Lipinski definition) is 1. The molecule has 2 rings (SSSR count). The summed E-state index contributed by atoms with van der Waals surface area (Å²) in [6.45, 7) is 1.37. The van der Waals surface area contributed by atoms with Crippen LogP contribution in [0.3, 0.4) is 0 Å². The molecule has 0 saturated carbocycles. The van der Waals surface area contributed by atoms with Gasteiger partial charge in [0.1, 0.15) is 6.04 Å². The van der Waals surface area contributed by atoms with Crippen molar-refractivity contribution < 1.29 is 18.3 Å². The molecule has 0 unspecified atom stereocenters. The maximum absolute atomic E-state index is 12.4. The highest BCUT2D eigenvalue weighted by Crippen LogP contribution is 2.24. The minimum atomic E-state index is -3.59. The van der Waals surface area contributed by atoms with Gasteiger partial charge in [0, 0.05) is 19.6 Å². The van der Waals surface area contributed by atoms with Crippen molar-refractivity contribution in [1.82, 2.24) is 8.61 Å². The first-order valence-corrected chi connectivity index (χ1v) is 7.93. The zero-order valence-corrected chi connectivity index (χ0v) is 11.2. The highest BCUT2D eigenvalue weighted by molar-refractivity contribution is 7.86. The molecular formula is C11H20N2O4S. The molecule has 104 valence electrons. The van der Waals surface area contributed by atoms with Crippen LogP contribution in [-0.4, -0.2) is 53.8 Å². The molecule has 2 saturated heterocycles. The molecule has 2 heterocycles. The van der Waals surface area contributed by atoms with E-state index in [1.54, 1.807) is 0 Å². The van der Waals surface area contributed by atoms with Crippen molar-refractivity contribution in [2.75, 3.05) is 19.6 Å². The summed E-state index contributed by atoms with van der Waals surface area (Å²) >= 11 is 0. The molecule has 18 heavy (non-hydrogen) atoms. The smallest absolute Gasteiger partial charge is 0.322 e. The second-order valence-electron chi connectivity index (χ2n) is 4.93. The average molecular weight is 276 g/mol. The molecule has 1 N–H and O–H groups in total. The number of carboxylic acid groups (broad SMARTS) is 1. The minimum absolute atomic E-state index is 0.329. The Morgan fingerprint density at radius 2 is 1.61 bits per heavy atom. The monoisotopic (exact) mass is 276 g/mol. The van der Waals surface area contributed by atoms with E-state index in [9.17, 15) is 13.2 Å². The highest BCUT2D eigenvalue weighted by Gasteiger charge is 2.40. The Balaban J connectivity index is 2.18. The average Bonchev–Trinajstić information content (AvgIpc) is 2.39. The number of aliphatic carboxylic acids is 1. The summed E-state index contributed by atoms with van der Waals surface area (Å²) in [5, 5.41) is 9.15. The second-order valence-corrected chi connectivity index (χ2v) is 6.81. The summed E-state index contributed by atoms with van der Waals surface area (Å²) in [6, 6.07) is -0.884. The Kier molecular flexibility index (Phi) is 4.24. The Bertz CT molecular complexity index is 403. The highest BCUT2D eigenvalue weighted by atomic mass is 32.2. The van der Waals surface area contributed by atoms with Gasteiger partial charge in [0.2, 0.25) is 0 Å². The molecular weight excluding hydrogens is 256 g/mol. The fourth-order valence-electron chi connectivity index (χ4n) is 2.67. The lowest BCUT2D eigenvalue weighted by Gasteiger charge is -2.37. The van der Waals surface area contributed by atoms with Crippen LogP contribution in [-0.2, 0) is 15.0 Å². The van der Waals surface area contributed by atoms with Gasteiger partial charge in [-0.05, 0) is 32.1 Å². The lowest BCUT2D eigenvalue weighted by Crippen LogP contribution is -2.54. The molecule has 0 amide bonds. The minimum Gasteiger partial charge on any atom is -0.480 e. The number of carboxylic acids is 1. The van der Waals surface area contributed by atoms with Crippen LogP contribution in [0.2, 0.25) is 0 Å². The molecule has 6 nitrogen and oxygen atoms in total. The van der Waals surface area contributed by atoms with E-state index >= 15 is 0 Å². The molecule has 0 aromatic heterocycles. The third-order valence-corrected chi connectivity index (χ3v) is 5.72. The SMILES string of the molecule is O=C(O)[C@H]1CCCCN1S(=O)(=O)N1CCCCC1. The van der Waals surface area contributed by atoms with E-state index in [4.69, 9.17) is 5.11 Å². The van der Waals surface area contributed by atoms with Crippen molar-refractivity contribution >= 4 is 16.2 Å². The zero-order valence-electron chi connectivity index (χ0n) is 10.4. The third-order valence-electron chi connectivity index (χ3n) is 3.68. The van der Waals surface area contributed by atoms with Crippen molar-refractivity contribution in [3.05, 3.63) is 0 Å². The molecule has 1 atom stereocenters. The first-order chi connectivity index (χ1) is 8.53. The van der Waals surface area contributed by atoms with E-state index in [1.807, 2.05) is 0 Å². The van der Waals surface area contributed by atoms with Crippen LogP contribution in [0.5, 0.6) is 0 Å². The summed E-state index contributed by atoms with van der Waals surface area (Å²) < 4.78 is 27.5. The van der Waals surface area contributed by atoms with Crippen LogP contribution in [0.4, 0.5) is 0 Å². The number of hydrogen-bond acceptors (Lipinski definition) is 3. The Morgan fingerprint density at radius 3 is 2.22 bits per heavy atom. The van der Waals surface area contributed by atoms with Gasteiger partial charge in [-0.3, -0.25) is 4.79 Å². The number of nitrogens with zero attached hydrogens (tertiary/aromatic N) is 2. The van der Waals surface area contributed by atoms with E-state index in [0.29, 0.717) is 26.1 Å². The first kappa shape index (κ1) is 13.8. The van der Waals surface area contributed by atoms with Crippen molar-refractivity contribution in [2.45, 2.75) is 44.6 Å². The van der Waals surface area contributed by atoms with Crippen molar-refractivity contribution in [2.24, 2.45) is 0 Å². The van der Waals surface area contributed by atoms with E-state index < -0.39 is 22.2 Å². The summed E-state index contributed by atoms with van der Waals surface area (Å²) in [7, 11) is -3.59. The van der Waals surface area contributed by atoms with Gasteiger partial charge in [0.25, 0.3) is 10.2 Å². The third kappa shape index (κ3) is 2.67. The molecule has 0 aliphatic carbocycles. The fraction of sp³-hybridized carbons (Fsp3) is 0.909. The van der Waals surface area contributed by atoms with Gasteiger partial charge in [-0.15, -0.1) is 0 Å². The van der Waals surface area contributed by atoms with Gasteiger partial charge in [-0.25, -0.2) is 0 Å². The number of carbonyl (C=O) groups is 1. The van der Waals surface area contributed by atoms with Gasteiger partial charge in [-0.1, -0.05) is 6.42 Å². The van der Waals surface area contributed by atoms with Gasteiger partial charge >= 0.3 is 5.97 Å². The normalized spacial score (nSPS) is 28.1. The molecule has 2 aliphatic rings. The van der Waals surface area contributed by atoms with Crippen LogP contribution in [0.1, 0.15) is 38.5 Å². The van der Waals surface area contributed by atoms with E-state index in [-0.39, 0.29) is 0 Å². The quantitative estimate of drug-likeness (QED) is 0.821. The van der Waals surface area contributed by atoms with Gasteiger partial charge < -0.3 is 5.11 Å². The molecule has 2 aliphatic heterocycles. The van der Waals surface area contributed by atoms with Gasteiger partial charge in [0.15, 0.2) is 0 Å². The standard InChI is InChI=1S/C11H20N2O4S/c14-11(15)10-6-2-5-9-13(10)18(16,17)12-7-3-1-4-8-12/h10H,1-9H2,(H,14,15)/t10-/m1/s1. The summed E-state index contributed by atoms with van der Waals surface area (Å²) in [4.78, 5) is 11.2. The summed E-state index contributed by atoms with van der Waals surface area (Å²) in [6.07, 6.45) is 4.73. The molecule has 7 heteroatoms. The van der Waals surface area contributed by atoms with Gasteiger partial charge in [0.05, 0.1) is 0 Å². The lowest BCUT2D eigenvalue weighted by molar-refractivity contribution is -0.142. The summed E-state index contributed by atoms with van der Waals surface area (Å²) in [5.74, 6) is -1.03. The maximum Gasteiger partial charge on any atom is 0.322 e. The van der Waals surface area contributed by atoms with Crippen LogP contribution in [0.25, 0.3) is 0 Å². The molecule has 0 aromatic rings. The van der Waals surface area contributed by atoms with Gasteiger partial charge in [-0.2, -0.15) is 17.0 Å². The predicted molar refractivity (Wildman–Crippen MR) is 66.3 cm³/mol. The van der Waals surface area contributed by atoms with E-state index in [0.717, 1.165) is 32.1 Å². The zero-order chi connectivity index (χ0) is 13.2. The first-order valence-electron chi connectivity index (χ1n) is 6.53. The lowest BCUT2D eigenvalue weighted by atomic mass is 10.1. The predicted octanol–water partition coefficient (Wildman–Crippen LogP) is 0.656. The Labute approximate surface area is 108 Å². The Morgan fingerprint density at radius 1 is 1.00 bits per heavy atom. The molecule has 0 aromatic carbocycles. The maximum atomic E-state index is 12.4. The topological polar surface area (TPSA) is 77.9 Å². The second kappa shape index (κ2) is 5.54. The van der Waals surface area contributed by atoms with Crippen molar-refractivity contribution in [3.8, 4) is 0 Å². The largest absolute Gasteiger partial charge is 0.480 e. The molecule has 0 radical (unpaired) electrons. The van der Waals surface area contributed by atoms with Crippen LogP contribution < -0.4 is 0 Å². The van der Waals surface area contributed by atoms with Crippen LogP contribution in [0, 0.1) is 0 Å². The van der Waals surface area contributed by atoms with Crippen LogP contribution in [0.15, 0.2) is 0 Å². The Hall–Kier alpha value is -0.660. The number of piperidine rings is 2. The van der Waals surface area contributed by atoms with Crippen molar-refractivity contribution in [3.63, 3.8) is 0 Å². The van der Waals surface area contributed by atoms with E-state index in [2.05, 4.69) is 0 Å².